The van der Waals surface area contributed by atoms with Crippen LogP contribution in [0.2, 0.25) is 5.02 Å². The van der Waals surface area contributed by atoms with Crippen molar-refractivity contribution < 1.29 is 4.79 Å². The summed E-state index contributed by atoms with van der Waals surface area (Å²) in [6.45, 7) is 1.94. The normalized spacial score (nSPS) is 10.6. The fraction of sp³-hybridized carbons (Fsp3) is 0.312. The van der Waals surface area contributed by atoms with Crippen molar-refractivity contribution in [3.63, 3.8) is 0 Å². The van der Waals surface area contributed by atoms with Crippen LogP contribution in [0.1, 0.15) is 16.1 Å². The fourth-order valence-electron chi connectivity index (χ4n) is 1.86. The van der Waals surface area contributed by atoms with Crippen LogP contribution in [0.15, 0.2) is 36.7 Å². The van der Waals surface area contributed by atoms with Crippen LogP contribution in [-0.2, 0) is 6.54 Å². The monoisotopic (exact) mass is 333 g/mol. The molecule has 122 valence electrons. The molecule has 0 aliphatic heterocycles. The van der Waals surface area contributed by atoms with Crippen LogP contribution >= 0.6 is 11.6 Å². The van der Waals surface area contributed by atoms with Crippen molar-refractivity contribution in [1.29, 1.82) is 0 Å². The molecule has 7 heteroatoms. The molecule has 0 saturated heterocycles. The van der Waals surface area contributed by atoms with E-state index in [0.717, 1.165) is 12.1 Å². The number of nitrogens with zero attached hydrogens (tertiary/aromatic N) is 3. The summed E-state index contributed by atoms with van der Waals surface area (Å²) in [5.41, 5.74) is 1.42. The zero-order valence-corrected chi connectivity index (χ0v) is 14.0. The molecule has 0 bridgehead atoms. The number of carbonyl (C=O) groups excluding carboxylic acids is 1. The minimum Gasteiger partial charge on any atom is -0.366 e. The molecular formula is C16H20ClN5O. The van der Waals surface area contributed by atoms with E-state index in [1.54, 1.807) is 6.07 Å². The van der Waals surface area contributed by atoms with Crippen molar-refractivity contribution >= 4 is 23.3 Å². The molecule has 0 aliphatic carbocycles. The standard InChI is InChI=1S/C16H20ClN5O/c1-22(2)8-7-18-16(23)14-9-15(21-11-20-14)19-10-12-3-5-13(17)6-4-12/h3-6,9,11H,7-8,10H2,1-2H3,(H,18,23)(H,19,20,21). The van der Waals surface area contributed by atoms with E-state index in [4.69, 9.17) is 11.6 Å². The van der Waals surface area contributed by atoms with Gasteiger partial charge in [0.05, 0.1) is 0 Å². The summed E-state index contributed by atoms with van der Waals surface area (Å²) >= 11 is 5.86. The lowest BCUT2D eigenvalue weighted by atomic mass is 10.2. The highest BCUT2D eigenvalue weighted by Crippen LogP contribution is 2.11. The van der Waals surface area contributed by atoms with Crippen LogP contribution in [0, 0.1) is 0 Å². The highest BCUT2D eigenvalue weighted by atomic mass is 35.5. The van der Waals surface area contributed by atoms with Crippen LogP contribution < -0.4 is 10.6 Å². The number of amides is 1. The molecule has 0 atom stereocenters. The second-order valence-corrected chi connectivity index (χ2v) is 5.76. The fourth-order valence-corrected chi connectivity index (χ4v) is 1.98. The van der Waals surface area contributed by atoms with Gasteiger partial charge in [-0.2, -0.15) is 0 Å². The first kappa shape index (κ1) is 17.2. The van der Waals surface area contributed by atoms with Gasteiger partial charge in [0.1, 0.15) is 17.8 Å². The van der Waals surface area contributed by atoms with Crippen molar-refractivity contribution in [2.24, 2.45) is 0 Å². The van der Waals surface area contributed by atoms with Crippen LogP contribution in [0.5, 0.6) is 0 Å². The van der Waals surface area contributed by atoms with E-state index in [2.05, 4.69) is 20.6 Å². The number of hydrogen-bond donors (Lipinski definition) is 2. The van der Waals surface area contributed by atoms with Crippen molar-refractivity contribution in [1.82, 2.24) is 20.2 Å². The molecule has 1 amide bonds. The molecule has 0 unspecified atom stereocenters. The highest BCUT2D eigenvalue weighted by Gasteiger charge is 2.08. The Hall–Kier alpha value is -2.18. The van der Waals surface area contributed by atoms with Gasteiger partial charge < -0.3 is 15.5 Å². The largest absolute Gasteiger partial charge is 0.366 e. The Kier molecular flexibility index (Phi) is 6.31. The second-order valence-electron chi connectivity index (χ2n) is 5.33. The summed E-state index contributed by atoms with van der Waals surface area (Å²) in [5, 5.41) is 6.69. The smallest absolute Gasteiger partial charge is 0.270 e. The lowest BCUT2D eigenvalue weighted by molar-refractivity contribution is 0.0946. The summed E-state index contributed by atoms with van der Waals surface area (Å²) in [4.78, 5) is 22.2. The van der Waals surface area contributed by atoms with Gasteiger partial charge in [0, 0.05) is 30.7 Å². The second kappa shape index (κ2) is 8.45. The number of rotatable bonds is 7. The van der Waals surface area contributed by atoms with Crippen LogP contribution in [0.25, 0.3) is 0 Å². The van der Waals surface area contributed by atoms with Crippen LogP contribution in [0.3, 0.4) is 0 Å². The Morgan fingerprint density at radius 1 is 1.22 bits per heavy atom. The van der Waals surface area contributed by atoms with E-state index in [1.807, 2.05) is 43.3 Å². The SMILES string of the molecule is CN(C)CCNC(=O)c1cc(NCc2ccc(Cl)cc2)ncn1. The Balaban J connectivity index is 1.91. The topological polar surface area (TPSA) is 70.2 Å². The maximum atomic E-state index is 12.0. The van der Waals surface area contributed by atoms with Gasteiger partial charge in [-0.15, -0.1) is 0 Å². The number of anilines is 1. The Labute approximate surface area is 140 Å². The molecule has 0 saturated carbocycles. The van der Waals surface area contributed by atoms with Crippen LogP contribution in [0.4, 0.5) is 5.82 Å². The minimum atomic E-state index is -0.205. The van der Waals surface area contributed by atoms with E-state index in [-0.39, 0.29) is 5.91 Å². The number of carbonyl (C=O) groups is 1. The summed E-state index contributed by atoms with van der Waals surface area (Å²) < 4.78 is 0. The third-order valence-corrected chi connectivity index (χ3v) is 3.38. The Morgan fingerprint density at radius 3 is 2.65 bits per heavy atom. The zero-order chi connectivity index (χ0) is 16.7. The molecule has 2 rings (SSSR count). The predicted octanol–water partition coefficient (Wildman–Crippen LogP) is 2.03. The molecular weight excluding hydrogens is 314 g/mol. The summed E-state index contributed by atoms with van der Waals surface area (Å²) in [6, 6.07) is 9.18. The molecule has 1 aromatic carbocycles. The molecule has 1 aromatic heterocycles. The number of hydrogen-bond acceptors (Lipinski definition) is 5. The molecule has 2 aromatic rings. The first-order chi connectivity index (χ1) is 11.0. The van der Waals surface area contributed by atoms with Crippen molar-refractivity contribution in [2.45, 2.75) is 6.54 Å². The first-order valence-corrected chi connectivity index (χ1v) is 7.65. The first-order valence-electron chi connectivity index (χ1n) is 7.28. The maximum absolute atomic E-state index is 12.0. The van der Waals surface area contributed by atoms with Gasteiger partial charge in [0.15, 0.2) is 0 Å². The summed E-state index contributed by atoms with van der Waals surface area (Å²) in [6.07, 6.45) is 1.38. The van der Waals surface area contributed by atoms with Crippen LogP contribution in [-0.4, -0.2) is 48.0 Å². The number of benzene rings is 1. The van der Waals surface area contributed by atoms with Gasteiger partial charge >= 0.3 is 0 Å². The highest BCUT2D eigenvalue weighted by molar-refractivity contribution is 6.30. The van der Waals surface area contributed by atoms with Crippen molar-refractivity contribution in [3.05, 3.63) is 52.9 Å². The molecule has 0 spiro atoms. The predicted molar refractivity (Wildman–Crippen MR) is 91.7 cm³/mol. The molecule has 0 aliphatic rings. The van der Waals surface area contributed by atoms with Gasteiger partial charge in [-0.3, -0.25) is 4.79 Å². The number of aromatic nitrogens is 2. The molecule has 0 radical (unpaired) electrons. The van der Waals surface area contributed by atoms with Crippen molar-refractivity contribution in [3.8, 4) is 0 Å². The van der Waals surface area contributed by atoms with E-state index in [0.29, 0.717) is 29.6 Å². The number of likely N-dealkylation sites (N-methyl/N-ethyl adjacent to an activating group) is 1. The summed E-state index contributed by atoms with van der Waals surface area (Å²) in [5.74, 6) is 0.400. The van der Waals surface area contributed by atoms with Gasteiger partial charge in [0.2, 0.25) is 0 Å². The molecule has 23 heavy (non-hydrogen) atoms. The average molecular weight is 334 g/mol. The third-order valence-electron chi connectivity index (χ3n) is 3.13. The van der Waals surface area contributed by atoms with Gasteiger partial charge in [-0.25, -0.2) is 9.97 Å². The minimum absolute atomic E-state index is 0.205. The average Bonchev–Trinajstić information content (AvgIpc) is 2.54. The number of halogens is 1. The lowest BCUT2D eigenvalue weighted by Crippen LogP contribution is -2.31. The lowest BCUT2D eigenvalue weighted by Gasteiger charge is -2.10. The van der Waals surface area contributed by atoms with E-state index in [1.165, 1.54) is 6.33 Å². The molecule has 0 fully saturated rings. The number of nitrogens with one attached hydrogen (secondary N) is 2. The molecule has 6 nitrogen and oxygen atoms in total. The van der Waals surface area contributed by atoms with Gasteiger partial charge in [0.25, 0.3) is 5.91 Å². The Bertz CT molecular complexity index is 645. The quantitative estimate of drug-likeness (QED) is 0.811. The third kappa shape index (κ3) is 5.84. The van der Waals surface area contributed by atoms with Gasteiger partial charge in [-0.05, 0) is 31.8 Å². The molecule has 1 heterocycles. The van der Waals surface area contributed by atoms with E-state index < -0.39 is 0 Å². The summed E-state index contributed by atoms with van der Waals surface area (Å²) in [7, 11) is 3.91. The van der Waals surface area contributed by atoms with E-state index >= 15 is 0 Å². The maximum Gasteiger partial charge on any atom is 0.270 e. The van der Waals surface area contributed by atoms with E-state index in [9.17, 15) is 4.79 Å². The Morgan fingerprint density at radius 2 is 1.96 bits per heavy atom. The van der Waals surface area contributed by atoms with Crippen molar-refractivity contribution in [2.75, 3.05) is 32.5 Å². The van der Waals surface area contributed by atoms with Gasteiger partial charge in [-0.1, -0.05) is 23.7 Å². The molecule has 2 N–H and O–H groups in total. The zero-order valence-electron chi connectivity index (χ0n) is 13.2.